The van der Waals surface area contributed by atoms with E-state index in [9.17, 15) is 14.7 Å². The lowest BCUT2D eigenvalue weighted by molar-refractivity contribution is 0.0697. The molecular formula is C27H21NO4. The van der Waals surface area contributed by atoms with Gasteiger partial charge >= 0.3 is 12.1 Å². The number of nitrogens with one attached hydrogen (secondary N) is 1. The second-order valence-corrected chi connectivity index (χ2v) is 7.84. The fourth-order valence-corrected chi connectivity index (χ4v) is 4.44. The van der Waals surface area contributed by atoms with Crippen LogP contribution in [0.5, 0.6) is 0 Å². The summed E-state index contributed by atoms with van der Waals surface area (Å²) >= 11 is 0. The van der Waals surface area contributed by atoms with E-state index in [0.717, 1.165) is 27.5 Å². The first-order valence-electron chi connectivity index (χ1n) is 10.5. The van der Waals surface area contributed by atoms with Gasteiger partial charge in [-0.05, 0) is 50.7 Å². The van der Waals surface area contributed by atoms with E-state index in [1.165, 1.54) is 11.1 Å². The first kappa shape index (κ1) is 19.8. The molecule has 0 fully saturated rings. The van der Waals surface area contributed by atoms with Crippen LogP contribution in [0.4, 0.5) is 4.79 Å². The highest BCUT2D eigenvalue weighted by Crippen LogP contribution is 2.44. The van der Waals surface area contributed by atoms with Crippen LogP contribution in [0.15, 0.2) is 84.9 Å². The van der Waals surface area contributed by atoms with Crippen LogP contribution in [-0.2, 0) is 11.3 Å². The first-order valence-corrected chi connectivity index (χ1v) is 10.5. The summed E-state index contributed by atoms with van der Waals surface area (Å²) in [7, 11) is 0. The Balaban J connectivity index is 1.29. The molecule has 0 saturated carbocycles. The van der Waals surface area contributed by atoms with Crippen molar-refractivity contribution in [1.82, 2.24) is 5.32 Å². The van der Waals surface area contributed by atoms with Crippen molar-refractivity contribution >= 4 is 22.8 Å². The highest BCUT2D eigenvalue weighted by Gasteiger charge is 2.28. The van der Waals surface area contributed by atoms with E-state index in [4.69, 9.17) is 4.74 Å². The van der Waals surface area contributed by atoms with Crippen LogP contribution in [0.3, 0.4) is 0 Å². The van der Waals surface area contributed by atoms with Gasteiger partial charge in [0, 0.05) is 12.5 Å². The Morgan fingerprint density at radius 2 is 1.53 bits per heavy atom. The third-order valence-electron chi connectivity index (χ3n) is 5.99. The fourth-order valence-electron chi connectivity index (χ4n) is 4.44. The van der Waals surface area contributed by atoms with Gasteiger partial charge in [0.25, 0.3) is 0 Å². The number of hydrogen-bond acceptors (Lipinski definition) is 3. The minimum atomic E-state index is -0.980. The molecule has 4 aromatic rings. The smallest absolute Gasteiger partial charge is 0.407 e. The van der Waals surface area contributed by atoms with Gasteiger partial charge in [-0.25, -0.2) is 9.59 Å². The van der Waals surface area contributed by atoms with Crippen LogP contribution >= 0.6 is 0 Å². The Labute approximate surface area is 185 Å². The van der Waals surface area contributed by atoms with Gasteiger partial charge in [-0.1, -0.05) is 72.8 Å². The second kappa shape index (κ2) is 8.19. The highest BCUT2D eigenvalue weighted by atomic mass is 16.5. The number of carboxylic acids is 1. The summed E-state index contributed by atoms with van der Waals surface area (Å²) < 4.78 is 5.59. The molecule has 1 aliphatic carbocycles. The minimum Gasteiger partial charge on any atom is -0.478 e. The van der Waals surface area contributed by atoms with E-state index in [2.05, 4.69) is 29.6 Å². The summed E-state index contributed by atoms with van der Waals surface area (Å²) in [6.07, 6.45) is -0.502. The van der Waals surface area contributed by atoms with Crippen LogP contribution in [0, 0.1) is 0 Å². The molecule has 1 amide bonds. The maximum Gasteiger partial charge on any atom is 0.407 e. The molecular weight excluding hydrogens is 402 g/mol. The minimum absolute atomic E-state index is 0.00355. The summed E-state index contributed by atoms with van der Waals surface area (Å²) in [5.74, 6) is -0.977. The summed E-state index contributed by atoms with van der Waals surface area (Å²) in [5.41, 5.74) is 5.74. The van der Waals surface area contributed by atoms with Gasteiger partial charge in [-0.3, -0.25) is 0 Å². The predicted molar refractivity (Wildman–Crippen MR) is 123 cm³/mol. The third kappa shape index (κ3) is 3.58. The Hall–Kier alpha value is -4.12. The standard InChI is InChI=1S/C27H21NO4/c29-26(30)18-13-12-17-6-5-7-19(24(17)14-18)15-28-27(31)32-16-25-22-10-3-1-8-20(22)21-9-2-4-11-23(21)25/h1-14,25H,15-16H2,(H,28,31)(H,29,30). The molecule has 0 aromatic heterocycles. The topological polar surface area (TPSA) is 75.6 Å². The molecule has 0 atom stereocenters. The number of hydrogen-bond donors (Lipinski definition) is 2. The lowest BCUT2D eigenvalue weighted by Crippen LogP contribution is -2.25. The van der Waals surface area contributed by atoms with Crippen LogP contribution < -0.4 is 5.32 Å². The molecule has 4 aromatic carbocycles. The number of carbonyl (C=O) groups is 2. The van der Waals surface area contributed by atoms with E-state index < -0.39 is 12.1 Å². The van der Waals surface area contributed by atoms with Gasteiger partial charge in [0.15, 0.2) is 0 Å². The third-order valence-corrected chi connectivity index (χ3v) is 5.99. The molecule has 158 valence electrons. The molecule has 0 unspecified atom stereocenters. The SMILES string of the molecule is O=C(NCc1cccc2ccc(C(=O)O)cc12)OCC1c2ccccc2-c2ccccc21. The molecule has 5 heteroatoms. The number of aromatic carboxylic acids is 1. The number of amides is 1. The van der Waals surface area contributed by atoms with Crippen molar-refractivity contribution in [2.45, 2.75) is 12.5 Å². The summed E-state index contributed by atoms with van der Waals surface area (Å²) in [6, 6.07) is 27.1. The normalized spacial score (nSPS) is 12.2. The Morgan fingerprint density at radius 1 is 0.844 bits per heavy atom. The maximum absolute atomic E-state index is 12.5. The van der Waals surface area contributed by atoms with Crippen LogP contribution in [-0.4, -0.2) is 23.8 Å². The van der Waals surface area contributed by atoms with Gasteiger partial charge in [0.05, 0.1) is 5.56 Å². The molecule has 0 heterocycles. The maximum atomic E-state index is 12.5. The summed E-state index contributed by atoms with van der Waals surface area (Å²) in [4.78, 5) is 23.8. The van der Waals surface area contributed by atoms with Crippen molar-refractivity contribution in [3.63, 3.8) is 0 Å². The van der Waals surface area contributed by atoms with Crippen molar-refractivity contribution in [1.29, 1.82) is 0 Å². The second-order valence-electron chi connectivity index (χ2n) is 7.84. The zero-order valence-electron chi connectivity index (χ0n) is 17.2. The van der Waals surface area contributed by atoms with Gasteiger partial charge in [-0.2, -0.15) is 0 Å². The summed E-state index contributed by atoms with van der Waals surface area (Å²) in [6.45, 7) is 0.496. The van der Waals surface area contributed by atoms with Gasteiger partial charge in [0.1, 0.15) is 6.61 Å². The van der Waals surface area contributed by atoms with Crippen molar-refractivity contribution in [2.24, 2.45) is 0 Å². The Bertz CT molecular complexity index is 1300. The molecule has 0 spiro atoms. The lowest BCUT2D eigenvalue weighted by Gasteiger charge is -2.15. The van der Waals surface area contributed by atoms with Crippen molar-refractivity contribution in [3.8, 4) is 11.1 Å². The van der Waals surface area contributed by atoms with Gasteiger partial charge in [-0.15, -0.1) is 0 Å². The van der Waals surface area contributed by atoms with Crippen LogP contribution in [0.25, 0.3) is 21.9 Å². The molecule has 5 nitrogen and oxygen atoms in total. The average Bonchev–Trinajstić information content (AvgIpc) is 3.14. The van der Waals surface area contributed by atoms with Crippen molar-refractivity contribution in [3.05, 3.63) is 107 Å². The Kier molecular flexibility index (Phi) is 5.07. The van der Waals surface area contributed by atoms with E-state index in [1.807, 2.05) is 42.5 Å². The monoisotopic (exact) mass is 423 g/mol. The number of rotatable bonds is 5. The van der Waals surface area contributed by atoms with Crippen LogP contribution in [0.1, 0.15) is 33.0 Å². The number of alkyl carbamates (subject to hydrolysis) is 1. The van der Waals surface area contributed by atoms with E-state index in [1.54, 1.807) is 18.2 Å². The molecule has 0 bridgehead atoms. The molecule has 2 N–H and O–H groups in total. The molecule has 1 aliphatic rings. The zero-order valence-corrected chi connectivity index (χ0v) is 17.2. The average molecular weight is 423 g/mol. The molecule has 32 heavy (non-hydrogen) atoms. The largest absolute Gasteiger partial charge is 0.478 e. The Morgan fingerprint density at radius 3 is 2.22 bits per heavy atom. The van der Waals surface area contributed by atoms with E-state index >= 15 is 0 Å². The molecule has 0 saturated heterocycles. The quantitative estimate of drug-likeness (QED) is 0.440. The first-order chi connectivity index (χ1) is 15.6. The van der Waals surface area contributed by atoms with Gasteiger partial charge in [0.2, 0.25) is 0 Å². The number of ether oxygens (including phenoxy) is 1. The van der Waals surface area contributed by atoms with Gasteiger partial charge < -0.3 is 15.2 Å². The predicted octanol–water partition coefficient (Wildman–Crippen LogP) is 5.58. The van der Waals surface area contributed by atoms with Crippen molar-refractivity contribution < 1.29 is 19.4 Å². The highest BCUT2D eigenvalue weighted by molar-refractivity contribution is 5.95. The molecule has 0 radical (unpaired) electrons. The number of carbonyl (C=O) groups excluding carboxylic acids is 1. The van der Waals surface area contributed by atoms with Crippen LogP contribution in [0.2, 0.25) is 0 Å². The number of carboxylic acid groups (broad SMARTS) is 1. The zero-order chi connectivity index (χ0) is 22.1. The fraction of sp³-hybridized carbons (Fsp3) is 0.111. The van der Waals surface area contributed by atoms with Crippen molar-refractivity contribution in [2.75, 3.05) is 6.61 Å². The molecule has 5 rings (SSSR count). The van der Waals surface area contributed by atoms with E-state index in [-0.39, 0.29) is 24.6 Å². The number of fused-ring (bicyclic) bond motifs is 4. The number of benzene rings is 4. The van der Waals surface area contributed by atoms with E-state index in [0.29, 0.717) is 0 Å². The lowest BCUT2D eigenvalue weighted by atomic mass is 9.98. The summed E-state index contributed by atoms with van der Waals surface area (Å²) in [5, 5.41) is 13.8. The molecule has 0 aliphatic heterocycles.